The van der Waals surface area contributed by atoms with Crippen LogP contribution in [0.25, 0.3) is 0 Å². The number of nitrogens with one attached hydrogen (secondary N) is 1. The molecule has 2 heterocycles. The number of rotatable bonds is 2. The van der Waals surface area contributed by atoms with Crippen LogP contribution in [0.1, 0.15) is 18.2 Å². The predicted molar refractivity (Wildman–Crippen MR) is 78.2 cm³/mol. The second kappa shape index (κ2) is 5.21. The molecule has 3 rings (SSSR count). The first-order chi connectivity index (χ1) is 10.2. The monoisotopic (exact) mass is 279 g/mol. The lowest BCUT2D eigenvalue weighted by Crippen LogP contribution is -2.25. The van der Waals surface area contributed by atoms with Crippen LogP contribution in [-0.4, -0.2) is 22.6 Å². The number of nitrogens with zero attached hydrogens (tertiary/aromatic N) is 4. The fourth-order valence-corrected chi connectivity index (χ4v) is 2.41. The zero-order valence-corrected chi connectivity index (χ0v) is 11.5. The molecular weight excluding hydrogens is 266 g/mol. The Kier molecular flexibility index (Phi) is 3.24. The van der Waals surface area contributed by atoms with Gasteiger partial charge in [0.05, 0.1) is 0 Å². The van der Waals surface area contributed by atoms with E-state index >= 15 is 0 Å². The average Bonchev–Trinajstić information content (AvgIpc) is 2.91. The lowest BCUT2D eigenvalue weighted by molar-refractivity contribution is -0.116. The molecule has 104 valence electrons. The van der Waals surface area contributed by atoms with Crippen LogP contribution in [0.3, 0.4) is 0 Å². The van der Waals surface area contributed by atoms with Gasteiger partial charge in [0.25, 0.3) is 0 Å². The summed E-state index contributed by atoms with van der Waals surface area (Å²) in [7, 11) is 0. The third-order valence-electron chi connectivity index (χ3n) is 3.41. The van der Waals surface area contributed by atoms with E-state index in [4.69, 9.17) is 5.26 Å². The molecule has 0 aliphatic carbocycles. The molecule has 1 aliphatic heterocycles. The summed E-state index contributed by atoms with van der Waals surface area (Å²) in [5.41, 5.74) is 3.28. The van der Waals surface area contributed by atoms with Crippen LogP contribution in [0, 0.1) is 11.3 Å². The molecule has 0 fully saturated rings. The summed E-state index contributed by atoms with van der Waals surface area (Å²) in [4.78, 5) is 13.3. The molecule has 6 nitrogen and oxygen atoms in total. The van der Waals surface area contributed by atoms with Gasteiger partial charge >= 0.3 is 0 Å². The van der Waals surface area contributed by atoms with Crippen LogP contribution in [-0.2, 0) is 11.2 Å². The van der Waals surface area contributed by atoms with E-state index in [2.05, 4.69) is 15.5 Å². The topological polar surface area (TPSA) is 81.9 Å². The standard InChI is InChI=1S/C15H13N5O/c1-10(21)20-7-6-11-8-12(2-4-14(11)20)17-15-5-3-13(9-16)18-19-15/h2-5,8H,6-7H2,1H3,(H,17,19). The van der Waals surface area contributed by atoms with Gasteiger partial charge in [-0.05, 0) is 42.3 Å². The van der Waals surface area contributed by atoms with Crippen molar-refractivity contribution in [3.63, 3.8) is 0 Å². The van der Waals surface area contributed by atoms with Gasteiger partial charge in [0, 0.05) is 24.8 Å². The Hall–Kier alpha value is -2.94. The molecule has 0 bridgehead atoms. The molecule has 0 saturated carbocycles. The van der Waals surface area contributed by atoms with E-state index in [1.165, 1.54) is 0 Å². The first-order valence-corrected chi connectivity index (χ1v) is 6.59. The summed E-state index contributed by atoms with van der Waals surface area (Å²) in [6, 6.07) is 11.1. The van der Waals surface area contributed by atoms with Crippen molar-refractivity contribution >= 4 is 23.1 Å². The van der Waals surface area contributed by atoms with E-state index in [9.17, 15) is 4.79 Å². The maximum absolute atomic E-state index is 11.5. The van der Waals surface area contributed by atoms with E-state index < -0.39 is 0 Å². The van der Waals surface area contributed by atoms with Crippen molar-refractivity contribution in [2.24, 2.45) is 0 Å². The zero-order valence-electron chi connectivity index (χ0n) is 11.5. The van der Waals surface area contributed by atoms with E-state index in [-0.39, 0.29) is 11.6 Å². The molecule has 0 unspecified atom stereocenters. The summed E-state index contributed by atoms with van der Waals surface area (Å²) < 4.78 is 0. The summed E-state index contributed by atoms with van der Waals surface area (Å²) in [5, 5.41) is 19.5. The lowest BCUT2D eigenvalue weighted by atomic mass is 10.1. The molecule has 6 heteroatoms. The van der Waals surface area contributed by atoms with Crippen molar-refractivity contribution in [3.05, 3.63) is 41.6 Å². The second-order valence-corrected chi connectivity index (χ2v) is 4.80. The van der Waals surface area contributed by atoms with Crippen LogP contribution in [0.2, 0.25) is 0 Å². The molecule has 2 aromatic rings. The van der Waals surface area contributed by atoms with Gasteiger partial charge in [-0.25, -0.2) is 0 Å². The first kappa shape index (κ1) is 13.1. The minimum absolute atomic E-state index is 0.0624. The Morgan fingerprint density at radius 3 is 2.86 bits per heavy atom. The largest absolute Gasteiger partial charge is 0.339 e. The summed E-state index contributed by atoms with van der Waals surface area (Å²) >= 11 is 0. The van der Waals surface area contributed by atoms with Crippen molar-refractivity contribution < 1.29 is 4.79 Å². The maximum atomic E-state index is 11.5. The summed E-state index contributed by atoms with van der Waals surface area (Å²) in [5.74, 6) is 0.641. The Balaban J connectivity index is 1.81. The SMILES string of the molecule is CC(=O)N1CCc2cc(Nc3ccc(C#N)nn3)ccc21. The number of carbonyl (C=O) groups is 1. The third kappa shape index (κ3) is 2.54. The van der Waals surface area contributed by atoms with Gasteiger partial charge in [0.1, 0.15) is 6.07 Å². The number of fused-ring (bicyclic) bond motifs is 1. The first-order valence-electron chi connectivity index (χ1n) is 6.59. The molecule has 1 aliphatic rings. The Morgan fingerprint density at radius 1 is 1.33 bits per heavy atom. The maximum Gasteiger partial charge on any atom is 0.223 e. The number of amides is 1. The molecule has 1 aromatic heterocycles. The number of nitriles is 1. The van der Waals surface area contributed by atoms with Crippen LogP contribution in [0.4, 0.5) is 17.2 Å². The quantitative estimate of drug-likeness (QED) is 0.909. The highest BCUT2D eigenvalue weighted by Gasteiger charge is 2.22. The second-order valence-electron chi connectivity index (χ2n) is 4.80. The Bertz CT molecular complexity index is 733. The number of aromatic nitrogens is 2. The van der Waals surface area contributed by atoms with Crippen LogP contribution in [0.15, 0.2) is 30.3 Å². The van der Waals surface area contributed by atoms with Gasteiger partial charge < -0.3 is 10.2 Å². The van der Waals surface area contributed by atoms with Gasteiger partial charge in [-0.15, -0.1) is 10.2 Å². The van der Waals surface area contributed by atoms with Gasteiger partial charge in [-0.2, -0.15) is 5.26 Å². The highest BCUT2D eigenvalue weighted by atomic mass is 16.2. The van der Waals surface area contributed by atoms with Crippen LogP contribution < -0.4 is 10.2 Å². The zero-order chi connectivity index (χ0) is 14.8. The number of benzene rings is 1. The van der Waals surface area contributed by atoms with Crippen LogP contribution in [0.5, 0.6) is 0 Å². The average molecular weight is 279 g/mol. The molecule has 0 radical (unpaired) electrons. The molecular formula is C15H13N5O. The minimum Gasteiger partial charge on any atom is -0.339 e. The van der Waals surface area contributed by atoms with E-state index in [1.807, 2.05) is 24.3 Å². The van der Waals surface area contributed by atoms with E-state index in [0.717, 1.165) is 29.9 Å². The van der Waals surface area contributed by atoms with E-state index in [0.29, 0.717) is 5.82 Å². The summed E-state index contributed by atoms with van der Waals surface area (Å²) in [6.45, 7) is 2.30. The van der Waals surface area contributed by atoms with Crippen molar-refractivity contribution in [1.82, 2.24) is 10.2 Å². The fourth-order valence-electron chi connectivity index (χ4n) is 2.41. The van der Waals surface area contributed by atoms with Crippen molar-refractivity contribution in [2.45, 2.75) is 13.3 Å². The van der Waals surface area contributed by atoms with Crippen molar-refractivity contribution in [3.8, 4) is 6.07 Å². The highest BCUT2D eigenvalue weighted by Crippen LogP contribution is 2.31. The molecule has 1 N–H and O–H groups in total. The van der Waals surface area contributed by atoms with Crippen molar-refractivity contribution in [1.29, 1.82) is 5.26 Å². The Morgan fingerprint density at radius 2 is 2.19 bits per heavy atom. The third-order valence-corrected chi connectivity index (χ3v) is 3.41. The lowest BCUT2D eigenvalue weighted by Gasteiger charge is -2.15. The van der Waals surface area contributed by atoms with Crippen LogP contribution >= 0.6 is 0 Å². The molecule has 21 heavy (non-hydrogen) atoms. The number of anilines is 3. The normalized spacial score (nSPS) is 12.7. The minimum atomic E-state index is 0.0624. The Labute approximate surface area is 122 Å². The smallest absolute Gasteiger partial charge is 0.223 e. The number of carbonyl (C=O) groups excluding carboxylic acids is 1. The highest BCUT2D eigenvalue weighted by molar-refractivity contribution is 5.94. The number of hydrogen-bond donors (Lipinski definition) is 1. The summed E-state index contributed by atoms with van der Waals surface area (Å²) in [6.07, 6.45) is 0.851. The van der Waals surface area contributed by atoms with Gasteiger partial charge in [0.2, 0.25) is 5.91 Å². The molecule has 0 saturated heterocycles. The molecule has 0 atom stereocenters. The molecule has 0 spiro atoms. The number of hydrogen-bond acceptors (Lipinski definition) is 5. The van der Waals surface area contributed by atoms with Crippen molar-refractivity contribution in [2.75, 3.05) is 16.8 Å². The fraction of sp³-hybridized carbons (Fsp3) is 0.200. The van der Waals surface area contributed by atoms with E-state index in [1.54, 1.807) is 24.0 Å². The van der Waals surface area contributed by atoms with Gasteiger partial charge in [-0.3, -0.25) is 4.79 Å². The van der Waals surface area contributed by atoms with Gasteiger partial charge in [0.15, 0.2) is 11.5 Å². The predicted octanol–water partition coefficient (Wildman–Crippen LogP) is 2.00. The molecule has 1 amide bonds. The molecule has 1 aromatic carbocycles. The van der Waals surface area contributed by atoms with Gasteiger partial charge in [-0.1, -0.05) is 0 Å².